The summed E-state index contributed by atoms with van der Waals surface area (Å²) >= 11 is 0. The van der Waals surface area contributed by atoms with Gasteiger partial charge in [0, 0.05) is 18.3 Å². The number of nitrogen functional groups attached to an aromatic ring is 1. The lowest BCUT2D eigenvalue weighted by Gasteiger charge is -2.07. The van der Waals surface area contributed by atoms with Crippen LogP contribution in [-0.4, -0.2) is 16.5 Å². The average molecular weight is 246 g/mol. The minimum absolute atomic E-state index is 0.213. The molecule has 4 nitrogen and oxygen atoms in total. The van der Waals surface area contributed by atoms with E-state index in [4.69, 9.17) is 5.73 Å². The quantitative estimate of drug-likeness (QED) is 0.867. The van der Waals surface area contributed by atoms with Gasteiger partial charge in [-0.15, -0.1) is 0 Å². The van der Waals surface area contributed by atoms with E-state index < -0.39 is 0 Å². The molecular formula is C13H15FN4. The number of benzene rings is 1. The number of aryl methyl sites for hydroxylation is 1. The third-order valence-corrected chi connectivity index (χ3v) is 2.48. The number of rotatable bonds is 4. The van der Waals surface area contributed by atoms with E-state index in [-0.39, 0.29) is 11.8 Å². The molecule has 0 radical (unpaired) electrons. The molecule has 0 aliphatic carbocycles. The maximum Gasteiger partial charge on any atom is 0.222 e. The van der Waals surface area contributed by atoms with E-state index in [0.717, 1.165) is 17.7 Å². The summed E-state index contributed by atoms with van der Waals surface area (Å²) < 4.78 is 13.0. The van der Waals surface area contributed by atoms with Crippen LogP contribution in [0.2, 0.25) is 0 Å². The van der Waals surface area contributed by atoms with Gasteiger partial charge in [-0.3, -0.25) is 0 Å². The molecule has 0 aliphatic rings. The van der Waals surface area contributed by atoms with Crippen molar-refractivity contribution in [3.8, 4) is 0 Å². The maximum atomic E-state index is 13.0. The molecular weight excluding hydrogens is 231 g/mol. The van der Waals surface area contributed by atoms with Crippen molar-refractivity contribution < 1.29 is 4.39 Å². The van der Waals surface area contributed by atoms with Gasteiger partial charge in [-0.25, -0.2) is 9.37 Å². The highest BCUT2D eigenvalue weighted by Crippen LogP contribution is 2.08. The van der Waals surface area contributed by atoms with Gasteiger partial charge in [-0.05, 0) is 31.0 Å². The molecule has 0 spiro atoms. The average Bonchev–Trinajstić information content (AvgIpc) is 2.27. The van der Waals surface area contributed by atoms with Crippen LogP contribution >= 0.6 is 0 Å². The molecule has 3 N–H and O–H groups in total. The number of halogens is 1. The van der Waals surface area contributed by atoms with Crippen LogP contribution in [0.15, 0.2) is 30.3 Å². The lowest BCUT2D eigenvalue weighted by molar-refractivity contribution is 0.625. The van der Waals surface area contributed by atoms with E-state index in [1.165, 1.54) is 12.1 Å². The highest BCUT2D eigenvalue weighted by Gasteiger charge is 1.99. The molecule has 0 amide bonds. The Morgan fingerprint density at radius 3 is 2.83 bits per heavy atom. The third kappa shape index (κ3) is 3.41. The van der Waals surface area contributed by atoms with Crippen molar-refractivity contribution in [2.75, 3.05) is 17.6 Å². The summed E-state index contributed by atoms with van der Waals surface area (Å²) in [6.07, 6.45) is 0.723. The Bertz CT molecular complexity index is 522. The molecule has 94 valence electrons. The van der Waals surface area contributed by atoms with E-state index in [2.05, 4.69) is 15.3 Å². The van der Waals surface area contributed by atoms with Gasteiger partial charge in [-0.2, -0.15) is 4.98 Å². The Hall–Kier alpha value is -2.17. The second-order valence-corrected chi connectivity index (χ2v) is 4.06. The normalized spacial score (nSPS) is 10.3. The minimum atomic E-state index is -0.213. The fraction of sp³-hybridized carbons (Fsp3) is 0.231. The van der Waals surface area contributed by atoms with Crippen LogP contribution in [-0.2, 0) is 6.42 Å². The molecule has 1 aromatic carbocycles. The highest BCUT2D eigenvalue weighted by atomic mass is 19.1. The lowest BCUT2D eigenvalue weighted by atomic mass is 10.1. The Balaban J connectivity index is 1.92. The standard InChI is InChI=1S/C13H15FN4/c1-9-7-12(18-13(15)17-9)16-6-5-10-3-2-4-11(14)8-10/h2-4,7-8H,5-6H2,1H3,(H3,15,16,17,18). The van der Waals surface area contributed by atoms with E-state index in [0.29, 0.717) is 12.4 Å². The third-order valence-electron chi connectivity index (χ3n) is 2.48. The van der Waals surface area contributed by atoms with Gasteiger partial charge in [-0.1, -0.05) is 12.1 Å². The van der Waals surface area contributed by atoms with E-state index in [1.807, 2.05) is 19.1 Å². The van der Waals surface area contributed by atoms with Crippen LogP contribution in [0.4, 0.5) is 16.2 Å². The zero-order valence-electron chi connectivity index (χ0n) is 10.2. The second-order valence-electron chi connectivity index (χ2n) is 4.06. The number of nitrogens with zero attached hydrogens (tertiary/aromatic N) is 2. The van der Waals surface area contributed by atoms with Gasteiger partial charge in [0.15, 0.2) is 0 Å². The smallest absolute Gasteiger partial charge is 0.222 e. The lowest BCUT2D eigenvalue weighted by Crippen LogP contribution is -2.08. The number of nitrogens with two attached hydrogens (primary N) is 1. The zero-order valence-corrected chi connectivity index (χ0v) is 10.2. The molecule has 0 saturated carbocycles. The van der Waals surface area contributed by atoms with Crippen LogP contribution in [0, 0.1) is 12.7 Å². The Kier molecular flexibility index (Phi) is 3.72. The first kappa shape index (κ1) is 12.3. The van der Waals surface area contributed by atoms with Crippen molar-refractivity contribution in [2.24, 2.45) is 0 Å². The van der Waals surface area contributed by atoms with Crippen LogP contribution in [0.1, 0.15) is 11.3 Å². The molecule has 0 fully saturated rings. The number of hydrogen-bond donors (Lipinski definition) is 2. The Labute approximate surface area is 105 Å². The summed E-state index contributed by atoms with van der Waals surface area (Å²) in [6, 6.07) is 8.39. The van der Waals surface area contributed by atoms with Crippen molar-refractivity contribution in [3.63, 3.8) is 0 Å². The molecule has 1 heterocycles. The van der Waals surface area contributed by atoms with Crippen LogP contribution in [0.5, 0.6) is 0 Å². The summed E-state index contributed by atoms with van der Waals surface area (Å²) in [5.74, 6) is 0.731. The monoisotopic (exact) mass is 246 g/mol. The van der Waals surface area contributed by atoms with Gasteiger partial charge in [0.05, 0.1) is 0 Å². The Morgan fingerprint density at radius 1 is 1.28 bits per heavy atom. The number of nitrogens with one attached hydrogen (secondary N) is 1. The molecule has 0 saturated heterocycles. The highest BCUT2D eigenvalue weighted by molar-refractivity contribution is 5.40. The number of aromatic nitrogens is 2. The van der Waals surface area contributed by atoms with Crippen molar-refractivity contribution in [1.82, 2.24) is 9.97 Å². The molecule has 0 bridgehead atoms. The van der Waals surface area contributed by atoms with Crippen molar-refractivity contribution in [2.45, 2.75) is 13.3 Å². The Morgan fingerprint density at radius 2 is 2.11 bits per heavy atom. The topological polar surface area (TPSA) is 63.8 Å². The van der Waals surface area contributed by atoms with Gasteiger partial charge in [0.25, 0.3) is 0 Å². The minimum Gasteiger partial charge on any atom is -0.370 e. The first-order valence-electron chi connectivity index (χ1n) is 5.73. The molecule has 0 atom stereocenters. The molecule has 1 aromatic heterocycles. The maximum absolute atomic E-state index is 13.0. The van der Waals surface area contributed by atoms with Gasteiger partial charge < -0.3 is 11.1 Å². The summed E-state index contributed by atoms with van der Waals surface area (Å²) in [5.41, 5.74) is 7.31. The van der Waals surface area contributed by atoms with Crippen LogP contribution in [0.3, 0.4) is 0 Å². The first-order chi connectivity index (χ1) is 8.63. The number of anilines is 2. The summed E-state index contributed by atoms with van der Waals surface area (Å²) in [7, 11) is 0. The molecule has 2 aromatic rings. The van der Waals surface area contributed by atoms with Crippen LogP contribution in [0.25, 0.3) is 0 Å². The largest absolute Gasteiger partial charge is 0.370 e. The van der Waals surface area contributed by atoms with Gasteiger partial charge >= 0.3 is 0 Å². The fourth-order valence-electron chi connectivity index (χ4n) is 1.71. The van der Waals surface area contributed by atoms with Gasteiger partial charge in [0.1, 0.15) is 11.6 Å². The fourth-order valence-corrected chi connectivity index (χ4v) is 1.71. The zero-order chi connectivity index (χ0) is 13.0. The molecule has 5 heteroatoms. The van der Waals surface area contributed by atoms with E-state index in [1.54, 1.807) is 6.07 Å². The van der Waals surface area contributed by atoms with Crippen molar-refractivity contribution in [3.05, 3.63) is 47.4 Å². The predicted molar refractivity (Wildman–Crippen MR) is 69.8 cm³/mol. The number of hydrogen-bond acceptors (Lipinski definition) is 4. The molecule has 0 aliphatic heterocycles. The SMILES string of the molecule is Cc1cc(NCCc2cccc(F)c2)nc(N)n1. The van der Waals surface area contributed by atoms with E-state index >= 15 is 0 Å². The van der Waals surface area contributed by atoms with Gasteiger partial charge in [0.2, 0.25) is 5.95 Å². The molecule has 2 rings (SSSR count). The summed E-state index contributed by atoms with van der Waals surface area (Å²) in [5, 5.41) is 3.14. The predicted octanol–water partition coefficient (Wildman–Crippen LogP) is 2.16. The van der Waals surface area contributed by atoms with Crippen molar-refractivity contribution >= 4 is 11.8 Å². The summed E-state index contributed by atoms with van der Waals surface area (Å²) in [4.78, 5) is 8.05. The summed E-state index contributed by atoms with van der Waals surface area (Å²) in [6.45, 7) is 2.52. The molecule has 18 heavy (non-hydrogen) atoms. The molecule has 0 unspecified atom stereocenters. The second kappa shape index (κ2) is 5.44. The van der Waals surface area contributed by atoms with Crippen molar-refractivity contribution in [1.29, 1.82) is 0 Å². The van der Waals surface area contributed by atoms with E-state index in [9.17, 15) is 4.39 Å². The first-order valence-corrected chi connectivity index (χ1v) is 5.73. The van der Waals surface area contributed by atoms with Crippen LogP contribution < -0.4 is 11.1 Å².